The predicted molar refractivity (Wildman–Crippen MR) is 63.0 cm³/mol. The number of halogens is 3. The summed E-state index contributed by atoms with van der Waals surface area (Å²) in [7, 11) is 0. The van der Waals surface area contributed by atoms with E-state index in [0.717, 1.165) is 18.7 Å². The van der Waals surface area contributed by atoms with Gasteiger partial charge in [0.1, 0.15) is 6.33 Å². The van der Waals surface area contributed by atoms with Crippen molar-refractivity contribution in [3.63, 3.8) is 0 Å². The molecule has 0 saturated heterocycles. The first-order valence-electron chi connectivity index (χ1n) is 6.09. The van der Waals surface area contributed by atoms with Gasteiger partial charge in [-0.2, -0.15) is 13.2 Å². The quantitative estimate of drug-likeness (QED) is 0.818. The standard InChI is InChI=1S/C12H18F3N3/c1-2-7-17-10(4-3-6-12(13,14)15)11-5-8-16-9-18-11/h5,8-10,17H,2-4,6-7H2,1H3. The van der Waals surface area contributed by atoms with Gasteiger partial charge in [0.05, 0.1) is 5.69 Å². The summed E-state index contributed by atoms with van der Waals surface area (Å²) >= 11 is 0. The molecule has 0 aliphatic heterocycles. The first kappa shape index (κ1) is 14.9. The van der Waals surface area contributed by atoms with Crippen LogP contribution in [0.5, 0.6) is 0 Å². The van der Waals surface area contributed by atoms with Gasteiger partial charge in [0.15, 0.2) is 0 Å². The fraction of sp³-hybridized carbons (Fsp3) is 0.667. The molecule has 1 heterocycles. The van der Waals surface area contributed by atoms with Gasteiger partial charge < -0.3 is 5.32 Å². The van der Waals surface area contributed by atoms with Crippen molar-refractivity contribution in [3.05, 3.63) is 24.3 Å². The average molecular weight is 261 g/mol. The van der Waals surface area contributed by atoms with Gasteiger partial charge in [-0.05, 0) is 31.9 Å². The zero-order valence-corrected chi connectivity index (χ0v) is 10.4. The van der Waals surface area contributed by atoms with Crippen LogP contribution in [-0.2, 0) is 0 Å². The molecule has 0 aliphatic carbocycles. The van der Waals surface area contributed by atoms with Gasteiger partial charge in [0.25, 0.3) is 0 Å². The second kappa shape index (κ2) is 7.31. The smallest absolute Gasteiger partial charge is 0.309 e. The third kappa shape index (κ3) is 5.95. The van der Waals surface area contributed by atoms with E-state index in [1.807, 2.05) is 6.92 Å². The second-order valence-corrected chi connectivity index (χ2v) is 4.15. The summed E-state index contributed by atoms with van der Waals surface area (Å²) in [6, 6.07) is 1.61. The van der Waals surface area contributed by atoms with Crippen molar-refractivity contribution in [1.82, 2.24) is 15.3 Å². The molecule has 18 heavy (non-hydrogen) atoms. The van der Waals surface area contributed by atoms with Crippen LogP contribution in [0.4, 0.5) is 13.2 Å². The highest BCUT2D eigenvalue weighted by Gasteiger charge is 2.27. The topological polar surface area (TPSA) is 37.8 Å². The lowest BCUT2D eigenvalue weighted by Crippen LogP contribution is -2.23. The zero-order chi connectivity index (χ0) is 13.4. The molecule has 1 N–H and O–H groups in total. The number of aromatic nitrogens is 2. The van der Waals surface area contributed by atoms with Gasteiger partial charge in [0.2, 0.25) is 0 Å². The predicted octanol–water partition coefficient (Wildman–Crippen LogP) is 3.25. The fourth-order valence-electron chi connectivity index (χ4n) is 1.69. The molecule has 1 aromatic rings. The summed E-state index contributed by atoms with van der Waals surface area (Å²) < 4.78 is 36.3. The molecule has 0 aromatic carbocycles. The molecule has 102 valence electrons. The molecule has 1 rings (SSSR count). The van der Waals surface area contributed by atoms with E-state index in [2.05, 4.69) is 15.3 Å². The van der Waals surface area contributed by atoms with Crippen molar-refractivity contribution in [2.45, 2.75) is 44.8 Å². The minimum Gasteiger partial charge on any atom is -0.309 e. The number of nitrogens with one attached hydrogen (secondary N) is 1. The Kier molecular flexibility index (Phi) is 6.04. The van der Waals surface area contributed by atoms with Crippen LogP contribution in [0.3, 0.4) is 0 Å². The fourth-order valence-corrected chi connectivity index (χ4v) is 1.69. The van der Waals surface area contributed by atoms with Gasteiger partial charge in [0, 0.05) is 18.7 Å². The number of hydrogen-bond donors (Lipinski definition) is 1. The van der Waals surface area contributed by atoms with E-state index < -0.39 is 12.6 Å². The van der Waals surface area contributed by atoms with Crippen molar-refractivity contribution in [3.8, 4) is 0 Å². The largest absolute Gasteiger partial charge is 0.389 e. The Balaban J connectivity index is 2.51. The summed E-state index contributed by atoms with van der Waals surface area (Å²) in [5.74, 6) is 0. The third-order valence-electron chi connectivity index (χ3n) is 2.56. The highest BCUT2D eigenvalue weighted by molar-refractivity contribution is 5.04. The minimum atomic E-state index is -4.08. The van der Waals surface area contributed by atoms with Gasteiger partial charge in [-0.1, -0.05) is 6.92 Å². The van der Waals surface area contributed by atoms with Gasteiger partial charge in [-0.25, -0.2) is 9.97 Å². The Bertz CT molecular complexity index is 327. The molecule has 0 amide bonds. The Hall–Kier alpha value is -1.17. The average Bonchev–Trinajstić information content (AvgIpc) is 2.33. The number of alkyl halides is 3. The Morgan fingerprint density at radius 2 is 2.17 bits per heavy atom. The maximum absolute atomic E-state index is 12.1. The van der Waals surface area contributed by atoms with E-state index >= 15 is 0 Å². The number of nitrogens with zero attached hydrogens (tertiary/aromatic N) is 2. The van der Waals surface area contributed by atoms with Crippen LogP contribution in [0.1, 0.15) is 44.3 Å². The Morgan fingerprint density at radius 1 is 1.39 bits per heavy atom. The molecule has 6 heteroatoms. The van der Waals surface area contributed by atoms with Crippen LogP contribution >= 0.6 is 0 Å². The van der Waals surface area contributed by atoms with E-state index in [-0.39, 0.29) is 12.5 Å². The summed E-state index contributed by atoms with van der Waals surface area (Å²) in [6.07, 6.45) is -0.345. The van der Waals surface area contributed by atoms with Crippen molar-refractivity contribution in [1.29, 1.82) is 0 Å². The van der Waals surface area contributed by atoms with E-state index in [0.29, 0.717) is 6.42 Å². The summed E-state index contributed by atoms with van der Waals surface area (Å²) in [5.41, 5.74) is 0.751. The van der Waals surface area contributed by atoms with Gasteiger partial charge >= 0.3 is 6.18 Å². The molecule has 1 unspecified atom stereocenters. The molecule has 0 fully saturated rings. The van der Waals surface area contributed by atoms with E-state index in [9.17, 15) is 13.2 Å². The molecule has 1 aromatic heterocycles. The summed E-state index contributed by atoms with van der Waals surface area (Å²) in [6.45, 7) is 2.78. The lowest BCUT2D eigenvalue weighted by Gasteiger charge is -2.18. The van der Waals surface area contributed by atoms with Gasteiger partial charge in [-0.15, -0.1) is 0 Å². The lowest BCUT2D eigenvalue weighted by molar-refractivity contribution is -0.135. The Morgan fingerprint density at radius 3 is 2.72 bits per heavy atom. The van der Waals surface area contributed by atoms with Crippen LogP contribution in [0.25, 0.3) is 0 Å². The maximum Gasteiger partial charge on any atom is 0.389 e. The van der Waals surface area contributed by atoms with Crippen molar-refractivity contribution in [2.75, 3.05) is 6.54 Å². The van der Waals surface area contributed by atoms with E-state index in [1.54, 1.807) is 12.3 Å². The summed E-state index contributed by atoms with van der Waals surface area (Å²) in [5, 5.41) is 3.21. The van der Waals surface area contributed by atoms with Crippen LogP contribution in [0.15, 0.2) is 18.6 Å². The monoisotopic (exact) mass is 261 g/mol. The van der Waals surface area contributed by atoms with Crippen molar-refractivity contribution < 1.29 is 13.2 Å². The molecular weight excluding hydrogens is 243 g/mol. The minimum absolute atomic E-state index is 0.106. The molecule has 3 nitrogen and oxygen atoms in total. The lowest BCUT2D eigenvalue weighted by atomic mass is 10.1. The highest BCUT2D eigenvalue weighted by Crippen LogP contribution is 2.25. The molecule has 1 atom stereocenters. The molecule has 0 saturated carbocycles. The number of rotatable bonds is 7. The molecule has 0 radical (unpaired) electrons. The van der Waals surface area contributed by atoms with Crippen molar-refractivity contribution >= 4 is 0 Å². The molecular formula is C12H18F3N3. The van der Waals surface area contributed by atoms with E-state index in [1.165, 1.54) is 6.33 Å². The van der Waals surface area contributed by atoms with Gasteiger partial charge in [-0.3, -0.25) is 0 Å². The van der Waals surface area contributed by atoms with E-state index in [4.69, 9.17) is 0 Å². The SMILES string of the molecule is CCCNC(CCCC(F)(F)F)c1ccncn1. The van der Waals surface area contributed by atoms with Crippen LogP contribution in [-0.4, -0.2) is 22.7 Å². The first-order chi connectivity index (χ1) is 8.53. The number of hydrogen-bond acceptors (Lipinski definition) is 3. The van der Waals surface area contributed by atoms with Crippen molar-refractivity contribution in [2.24, 2.45) is 0 Å². The van der Waals surface area contributed by atoms with Crippen LogP contribution < -0.4 is 5.32 Å². The second-order valence-electron chi connectivity index (χ2n) is 4.15. The van der Waals surface area contributed by atoms with Crippen LogP contribution in [0, 0.1) is 0 Å². The Labute approximate surface area is 105 Å². The molecule has 0 aliphatic rings. The zero-order valence-electron chi connectivity index (χ0n) is 10.4. The highest BCUT2D eigenvalue weighted by atomic mass is 19.4. The normalized spacial score (nSPS) is 13.6. The van der Waals surface area contributed by atoms with Crippen LogP contribution in [0.2, 0.25) is 0 Å². The maximum atomic E-state index is 12.1. The summed E-state index contributed by atoms with van der Waals surface area (Å²) in [4.78, 5) is 7.90. The third-order valence-corrected chi connectivity index (χ3v) is 2.56. The first-order valence-corrected chi connectivity index (χ1v) is 6.09. The molecule has 0 spiro atoms. The molecule has 0 bridgehead atoms.